The molecule has 1 saturated carbocycles. The third kappa shape index (κ3) is 3.98. The van der Waals surface area contributed by atoms with Crippen molar-refractivity contribution in [2.45, 2.75) is 51.0 Å². The maximum Gasteiger partial charge on any atom is 0.220 e. The second-order valence-electron chi connectivity index (χ2n) is 5.35. The van der Waals surface area contributed by atoms with E-state index in [0.717, 1.165) is 12.8 Å². The number of carbonyl (C=O) groups is 1. The molecule has 0 aromatic carbocycles. The first-order chi connectivity index (χ1) is 8.05. The maximum atomic E-state index is 11.8. The van der Waals surface area contributed by atoms with Gasteiger partial charge >= 0.3 is 0 Å². The van der Waals surface area contributed by atoms with Gasteiger partial charge in [0.25, 0.3) is 0 Å². The molecule has 0 unspecified atom stereocenters. The van der Waals surface area contributed by atoms with Gasteiger partial charge in [0.05, 0.1) is 11.5 Å². The first-order valence-electron chi connectivity index (χ1n) is 6.55. The van der Waals surface area contributed by atoms with Gasteiger partial charge in [0.15, 0.2) is 0 Å². The lowest BCUT2D eigenvalue weighted by atomic mass is 9.98. The molecule has 98 valence electrons. The monoisotopic (exact) mass is 259 g/mol. The van der Waals surface area contributed by atoms with E-state index in [2.05, 4.69) is 5.32 Å². The van der Waals surface area contributed by atoms with E-state index in [1.54, 1.807) is 0 Å². The second-order valence-corrected chi connectivity index (χ2v) is 7.65. The van der Waals surface area contributed by atoms with E-state index < -0.39 is 9.84 Å². The first-order valence-corrected chi connectivity index (χ1v) is 8.37. The second kappa shape index (κ2) is 5.38. The third-order valence-corrected chi connectivity index (χ3v) is 5.58. The molecule has 0 radical (unpaired) electrons. The highest BCUT2D eigenvalue weighted by atomic mass is 32.2. The van der Waals surface area contributed by atoms with E-state index in [1.165, 1.54) is 12.8 Å². The van der Waals surface area contributed by atoms with E-state index in [9.17, 15) is 13.2 Å². The fourth-order valence-corrected chi connectivity index (χ4v) is 4.35. The van der Waals surface area contributed by atoms with Crippen molar-refractivity contribution in [2.24, 2.45) is 5.92 Å². The van der Waals surface area contributed by atoms with Crippen LogP contribution in [0.5, 0.6) is 0 Å². The SMILES string of the molecule is O=C(CC1CCS(=O)(=O)CC1)NC1CCCC1. The quantitative estimate of drug-likeness (QED) is 0.830. The van der Waals surface area contributed by atoms with Gasteiger partial charge in [-0.3, -0.25) is 4.79 Å². The molecule has 0 atom stereocenters. The Morgan fingerprint density at radius 2 is 1.65 bits per heavy atom. The molecule has 2 aliphatic rings. The van der Waals surface area contributed by atoms with Crippen LogP contribution in [0.1, 0.15) is 44.9 Å². The highest BCUT2D eigenvalue weighted by Crippen LogP contribution is 2.23. The normalized spacial score (nSPS) is 25.9. The standard InChI is InChI=1S/C12H21NO3S/c14-12(13-11-3-1-2-4-11)9-10-5-7-17(15,16)8-6-10/h10-11H,1-9H2,(H,13,14). The van der Waals surface area contributed by atoms with Crippen LogP contribution in [0.4, 0.5) is 0 Å². The number of hydrogen-bond donors (Lipinski definition) is 1. The van der Waals surface area contributed by atoms with Crippen LogP contribution >= 0.6 is 0 Å². The van der Waals surface area contributed by atoms with Crippen molar-refractivity contribution in [3.8, 4) is 0 Å². The van der Waals surface area contributed by atoms with Gasteiger partial charge in [-0.2, -0.15) is 0 Å². The van der Waals surface area contributed by atoms with Gasteiger partial charge in [0, 0.05) is 12.5 Å². The molecule has 0 spiro atoms. The highest BCUT2D eigenvalue weighted by molar-refractivity contribution is 7.91. The zero-order chi connectivity index (χ0) is 12.3. The number of hydrogen-bond acceptors (Lipinski definition) is 3. The highest BCUT2D eigenvalue weighted by Gasteiger charge is 2.26. The molecule has 1 N–H and O–H groups in total. The topological polar surface area (TPSA) is 63.2 Å². The fourth-order valence-electron chi connectivity index (χ4n) is 2.76. The van der Waals surface area contributed by atoms with Gasteiger partial charge in [0.1, 0.15) is 9.84 Å². The molecule has 1 amide bonds. The van der Waals surface area contributed by atoms with Crippen LogP contribution in [0.15, 0.2) is 0 Å². The summed E-state index contributed by atoms with van der Waals surface area (Å²) in [5.41, 5.74) is 0. The molecule has 0 bridgehead atoms. The van der Waals surface area contributed by atoms with Crippen molar-refractivity contribution in [1.82, 2.24) is 5.32 Å². The van der Waals surface area contributed by atoms with Crippen LogP contribution in [-0.4, -0.2) is 31.9 Å². The Morgan fingerprint density at radius 3 is 2.24 bits per heavy atom. The van der Waals surface area contributed by atoms with Crippen molar-refractivity contribution >= 4 is 15.7 Å². The van der Waals surface area contributed by atoms with E-state index in [0.29, 0.717) is 25.3 Å². The average Bonchev–Trinajstić information content (AvgIpc) is 2.74. The summed E-state index contributed by atoms with van der Waals surface area (Å²) in [5, 5.41) is 3.06. The van der Waals surface area contributed by atoms with Crippen LogP contribution in [0.2, 0.25) is 0 Å². The summed E-state index contributed by atoms with van der Waals surface area (Å²) in [6.45, 7) is 0. The summed E-state index contributed by atoms with van der Waals surface area (Å²) in [4.78, 5) is 11.8. The molecule has 1 heterocycles. The van der Waals surface area contributed by atoms with E-state index >= 15 is 0 Å². The van der Waals surface area contributed by atoms with E-state index in [4.69, 9.17) is 0 Å². The number of sulfone groups is 1. The van der Waals surface area contributed by atoms with Crippen molar-refractivity contribution in [3.05, 3.63) is 0 Å². The zero-order valence-electron chi connectivity index (χ0n) is 10.2. The maximum absolute atomic E-state index is 11.8. The Morgan fingerprint density at radius 1 is 1.06 bits per heavy atom. The van der Waals surface area contributed by atoms with Gasteiger partial charge in [0.2, 0.25) is 5.91 Å². The summed E-state index contributed by atoms with van der Waals surface area (Å²) >= 11 is 0. The van der Waals surface area contributed by atoms with Crippen molar-refractivity contribution in [1.29, 1.82) is 0 Å². The van der Waals surface area contributed by atoms with Crippen molar-refractivity contribution < 1.29 is 13.2 Å². The van der Waals surface area contributed by atoms with Crippen LogP contribution in [0, 0.1) is 5.92 Å². The van der Waals surface area contributed by atoms with E-state index in [1.807, 2.05) is 0 Å². The Kier molecular flexibility index (Phi) is 4.07. The Bertz CT molecular complexity index is 357. The Balaban J connectivity index is 1.72. The summed E-state index contributed by atoms with van der Waals surface area (Å²) in [7, 11) is -2.81. The molecule has 1 aliphatic heterocycles. The lowest BCUT2D eigenvalue weighted by Gasteiger charge is -2.22. The van der Waals surface area contributed by atoms with Gasteiger partial charge in [-0.05, 0) is 31.6 Å². The van der Waals surface area contributed by atoms with Gasteiger partial charge in [-0.15, -0.1) is 0 Å². The number of rotatable bonds is 3. The van der Waals surface area contributed by atoms with Crippen molar-refractivity contribution in [2.75, 3.05) is 11.5 Å². The molecule has 0 aromatic heterocycles. The molecule has 17 heavy (non-hydrogen) atoms. The number of amides is 1. The predicted molar refractivity (Wildman–Crippen MR) is 66.4 cm³/mol. The fraction of sp³-hybridized carbons (Fsp3) is 0.917. The average molecular weight is 259 g/mol. The zero-order valence-corrected chi connectivity index (χ0v) is 11.0. The largest absolute Gasteiger partial charge is 0.353 e. The first kappa shape index (κ1) is 12.9. The minimum absolute atomic E-state index is 0.112. The minimum atomic E-state index is -2.81. The molecule has 2 fully saturated rings. The Hall–Kier alpha value is -0.580. The van der Waals surface area contributed by atoms with Crippen LogP contribution in [0.3, 0.4) is 0 Å². The molecule has 4 nitrogen and oxygen atoms in total. The summed E-state index contributed by atoms with van der Waals surface area (Å²) < 4.78 is 22.5. The summed E-state index contributed by atoms with van der Waals surface area (Å²) in [5.74, 6) is 0.893. The van der Waals surface area contributed by atoms with Crippen LogP contribution in [0.25, 0.3) is 0 Å². The number of nitrogens with one attached hydrogen (secondary N) is 1. The molecular formula is C12H21NO3S. The lowest BCUT2D eigenvalue weighted by molar-refractivity contribution is -0.122. The lowest BCUT2D eigenvalue weighted by Crippen LogP contribution is -2.35. The van der Waals surface area contributed by atoms with Gasteiger partial charge in [-0.25, -0.2) is 8.42 Å². The summed E-state index contributed by atoms with van der Waals surface area (Å²) in [6.07, 6.45) is 6.45. The van der Waals surface area contributed by atoms with Crippen LogP contribution in [-0.2, 0) is 14.6 Å². The van der Waals surface area contributed by atoms with Crippen molar-refractivity contribution in [3.63, 3.8) is 0 Å². The van der Waals surface area contributed by atoms with Gasteiger partial charge < -0.3 is 5.32 Å². The molecule has 5 heteroatoms. The molecule has 1 aliphatic carbocycles. The smallest absolute Gasteiger partial charge is 0.220 e. The van der Waals surface area contributed by atoms with Crippen LogP contribution < -0.4 is 5.32 Å². The predicted octanol–water partition coefficient (Wildman–Crippen LogP) is 1.26. The minimum Gasteiger partial charge on any atom is -0.353 e. The van der Waals surface area contributed by atoms with Gasteiger partial charge in [-0.1, -0.05) is 12.8 Å². The third-order valence-electron chi connectivity index (χ3n) is 3.87. The van der Waals surface area contributed by atoms with E-state index in [-0.39, 0.29) is 23.3 Å². The number of carbonyl (C=O) groups excluding carboxylic acids is 1. The Labute approximate surface area is 103 Å². The summed E-state index contributed by atoms with van der Waals surface area (Å²) in [6, 6.07) is 0.370. The molecule has 1 saturated heterocycles. The molecule has 2 rings (SSSR count). The molecular weight excluding hydrogens is 238 g/mol. The molecule has 0 aromatic rings.